The van der Waals surface area contributed by atoms with Gasteiger partial charge in [0.25, 0.3) is 0 Å². The average Bonchev–Trinajstić information content (AvgIpc) is 1.80. The van der Waals surface area contributed by atoms with E-state index in [0.717, 1.165) is 0 Å². The minimum absolute atomic E-state index is 1.18. The molecule has 0 rings (SSSR count). The van der Waals surface area contributed by atoms with Gasteiger partial charge in [0.05, 0.1) is 0 Å². The first-order chi connectivity index (χ1) is 5.60. The second-order valence-electron chi connectivity index (χ2n) is 5.61. The highest BCUT2D eigenvalue weighted by Gasteiger charge is 2.33. The van der Waals surface area contributed by atoms with Crippen LogP contribution in [-0.2, 0) is 0 Å². The topological polar surface area (TPSA) is 3.24 Å². The predicted octanol–water partition coefficient (Wildman–Crippen LogP) is 3.88. The number of hydrogen-bond acceptors (Lipinski definition) is 1. The highest BCUT2D eigenvalue weighted by molar-refractivity contribution is 6.90. The molecule has 1 nitrogen and oxygen atoms in total. The summed E-state index contributed by atoms with van der Waals surface area (Å²) in [6, 6.07) is 0. The van der Waals surface area contributed by atoms with E-state index in [1.54, 1.807) is 0 Å². The molecule has 0 fully saturated rings. The van der Waals surface area contributed by atoms with Crippen LogP contribution in [0, 0.1) is 0 Å². The van der Waals surface area contributed by atoms with Gasteiger partial charge in [-0.1, -0.05) is 45.4 Å². The molecule has 3 heteroatoms. The summed E-state index contributed by atoms with van der Waals surface area (Å²) in [6.07, 6.45) is 2.25. The first kappa shape index (κ1) is 13.0. The van der Waals surface area contributed by atoms with Gasteiger partial charge in [-0.05, 0) is 19.5 Å². The molecule has 13 heavy (non-hydrogen) atoms. The van der Waals surface area contributed by atoms with Crippen LogP contribution in [0.15, 0.2) is 11.8 Å². The summed E-state index contributed by atoms with van der Waals surface area (Å²) >= 11 is 0. The molecule has 0 atom stereocenters. The van der Waals surface area contributed by atoms with Crippen LogP contribution >= 0.6 is 0 Å². The molecule has 0 amide bonds. The van der Waals surface area contributed by atoms with Gasteiger partial charge < -0.3 is 4.23 Å². The van der Waals surface area contributed by atoms with Gasteiger partial charge >= 0.3 is 0 Å². The molecule has 0 aliphatic carbocycles. The van der Waals surface area contributed by atoms with Crippen LogP contribution < -0.4 is 0 Å². The third kappa shape index (κ3) is 3.69. The highest BCUT2D eigenvalue weighted by atomic mass is 28.4. The molecule has 0 saturated carbocycles. The summed E-state index contributed by atoms with van der Waals surface area (Å²) in [7, 11) is -2.36. The van der Waals surface area contributed by atoms with Crippen molar-refractivity contribution < 1.29 is 0 Å². The van der Waals surface area contributed by atoms with Crippen molar-refractivity contribution in [3.05, 3.63) is 11.8 Å². The average molecular weight is 215 g/mol. The van der Waals surface area contributed by atoms with E-state index >= 15 is 0 Å². The van der Waals surface area contributed by atoms with E-state index in [1.807, 2.05) is 0 Å². The van der Waals surface area contributed by atoms with Gasteiger partial charge in [-0.2, -0.15) is 0 Å². The highest BCUT2D eigenvalue weighted by Crippen LogP contribution is 2.24. The molecule has 0 spiro atoms. The molecule has 78 valence electrons. The van der Waals surface area contributed by atoms with Crippen LogP contribution in [0.2, 0.25) is 39.3 Å². The minimum atomic E-state index is -1.18. The summed E-state index contributed by atoms with van der Waals surface area (Å²) < 4.78 is 2.74. The fraction of sp³-hybridized carbons (Fsp3) is 0.800. The van der Waals surface area contributed by atoms with Crippen molar-refractivity contribution in [1.82, 2.24) is 4.23 Å². The summed E-state index contributed by atoms with van der Waals surface area (Å²) in [6.45, 7) is 19.0. The molecule has 0 aliphatic rings. The lowest BCUT2D eigenvalue weighted by Gasteiger charge is -2.46. The molecule has 0 aromatic rings. The van der Waals surface area contributed by atoms with Crippen molar-refractivity contribution in [2.24, 2.45) is 0 Å². The molecule has 0 aromatic heterocycles. The predicted molar refractivity (Wildman–Crippen MR) is 68.0 cm³/mol. The van der Waals surface area contributed by atoms with Crippen molar-refractivity contribution in [1.29, 1.82) is 0 Å². The van der Waals surface area contributed by atoms with Gasteiger partial charge in [-0.3, -0.25) is 0 Å². The Morgan fingerprint density at radius 3 is 1.31 bits per heavy atom. The largest absolute Gasteiger partial charge is 0.428 e. The summed E-state index contributed by atoms with van der Waals surface area (Å²) in [4.78, 5) is 0. The Balaban J connectivity index is 5.01. The zero-order valence-electron chi connectivity index (χ0n) is 10.5. The fourth-order valence-corrected chi connectivity index (χ4v) is 12.6. The Morgan fingerprint density at radius 1 is 0.923 bits per heavy atom. The molecule has 0 bridgehead atoms. The van der Waals surface area contributed by atoms with Crippen LogP contribution in [0.25, 0.3) is 0 Å². The van der Waals surface area contributed by atoms with Gasteiger partial charge in [0.2, 0.25) is 0 Å². The molecular weight excluding hydrogens is 190 g/mol. The van der Waals surface area contributed by atoms with E-state index in [2.05, 4.69) is 63.4 Å². The van der Waals surface area contributed by atoms with Gasteiger partial charge in [0.15, 0.2) is 0 Å². The first-order valence-electron chi connectivity index (χ1n) is 5.04. The van der Waals surface area contributed by atoms with Gasteiger partial charge in [0, 0.05) is 0 Å². The zero-order chi connectivity index (χ0) is 10.9. The molecule has 0 radical (unpaired) electrons. The van der Waals surface area contributed by atoms with Crippen molar-refractivity contribution in [2.45, 2.75) is 53.1 Å². The SMILES string of the molecule is C/C=C(/C)N([Si](C)(C)C)[Si](C)(C)C. The Kier molecular flexibility index (Phi) is 4.00. The Morgan fingerprint density at radius 2 is 1.23 bits per heavy atom. The maximum Gasteiger partial charge on any atom is 0.138 e. The molecule has 0 aliphatic heterocycles. The minimum Gasteiger partial charge on any atom is -0.428 e. The van der Waals surface area contributed by atoms with Crippen molar-refractivity contribution >= 4 is 16.5 Å². The van der Waals surface area contributed by atoms with E-state index in [1.165, 1.54) is 5.70 Å². The third-order valence-electron chi connectivity index (χ3n) is 2.11. The Bertz CT molecular complexity index is 182. The molecule has 0 aromatic carbocycles. The quantitative estimate of drug-likeness (QED) is 0.646. The fourth-order valence-electron chi connectivity index (χ4n) is 2.19. The normalized spacial score (nSPS) is 14.6. The first-order valence-corrected chi connectivity index (χ1v) is 11.9. The monoisotopic (exact) mass is 215 g/mol. The number of allylic oxidation sites excluding steroid dienone is 2. The van der Waals surface area contributed by atoms with E-state index in [-0.39, 0.29) is 0 Å². The van der Waals surface area contributed by atoms with Crippen LogP contribution in [0.5, 0.6) is 0 Å². The van der Waals surface area contributed by atoms with Gasteiger partial charge in [-0.25, -0.2) is 0 Å². The molecule has 0 saturated heterocycles. The van der Waals surface area contributed by atoms with Gasteiger partial charge in [-0.15, -0.1) is 0 Å². The molecule has 0 heterocycles. The third-order valence-corrected chi connectivity index (χ3v) is 9.53. The lowest BCUT2D eigenvalue weighted by atomic mass is 10.5. The Hall–Kier alpha value is -0.0262. The number of rotatable bonds is 3. The van der Waals surface area contributed by atoms with Gasteiger partial charge in [0.1, 0.15) is 16.5 Å². The molecule has 0 unspecified atom stereocenters. The van der Waals surface area contributed by atoms with Crippen LogP contribution in [0.1, 0.15) is 13.8 Å². The van der Waals surface area contributed by atoms with E-state index in [4.69, 9.17) is 0 Å². The smallest absolute Gasteiger partial charge is 0.138 e. The van der Waals surface area contributed by atoms with Crippen molar-refractivity contribution in [3.63, 3.8) is 0 Å². The van der Waals surface area contributed by atoms with E-state index in [0.29, 0.717) is 0 Å². The summed E-state index contributed by atoms with van der Waals surface area (Å²) in [5.41, 5.74) is 1.47. The zero-order valence-corrected chi connectivity index (χ0v) is 12.5. The van der Waals surface area contributed by atoms with Crippen molar-refractivity contribution in [2.75, 3.05) is 0 Å². The number of nitrogens with zero attached hydrogens (tertiary/aromatic N) is 1. The van der Waals surface area contributed by atoms with E-state index in [9.17, 15) is 0 Å². The van der Waals surface area contributed by atoms with Crippen LogP contribution in [0.4, 0.5) is 0 Å². The number of hydrogen-bond donors (Lipinski definition) is 0. The van der Waals surface area contributed by atoms with Crippen LogP contribution in [0.3, 0.4) is 0 Å². The standard InChI is InChI=1S/C10H25NSi2/c1-9-10(2)11(12(3,4)5)13(6,7)8/h9H,1-8H3/b10-9-. The van der Waals surface area contributed by atoms with E-state index < -0.39 is 16.5 Å². The second-order valence-corrected chi connectivity index (χ2v) is 15.6. The maximum atomic E-state index is 2.74. The summed E-state index contributed by atoms with van der Waals surface area (Å²) in [5, 5.41) is 0. The maximum absolute atomic E-state index is 2.74. The lowest BCUT2D eigenvalue weighted by molar-refractivity contribution is 0.753. The molecule has 0 N–H and O–H groups in total. The summed E-state index contributed by atoms with van der Waals surface area (Å²) in [5.74, 6) is 0. The van der Waals surface area contributed by atoms with Crippen molar-refractivity contribution in [3.8, 4) is 0 Å². The van der Waals surface area contributed by atoms with Crippen LogP contribution in [-0.4, -0.2) is 20.7 Å². The molecular formula is C10H25NSi2. The second kappa shape index (κ2) is 4.01. The Labute approximate surface area is 86.0 Å². The lowest BCUT2D eigenvalue weighted by Crippen LogP contribution is -2.57.